The highest BCUT2D eigenvalue weighted by molar-refractivity contribution is 9.10. The van der Waals surface area contributed by atoms with Gasteiger partial charge in [0, 0.05) is 60.5 Å². The quantitative estimate of drug-likeness (QED) is 0.279. The van der Waals surface area contributed by atoms with Gasteiger partial charge in [0.25, 0.3) is 11.5 Å². The van der Waals surface area contributed by atoms with Crippen LogP contribution in [0.4, 0.5) is 0 Å². The molecular weight excluding hydrogens is 570 g/mol. The summed E-state index contributed by atoms with van der Waals surface area (Å²) in [6, 6.07) is 22.4. The smallest absolute Gasteiger partial charge is 0.259 e. The van der Waals surface area contributed by atoms with Crippen molar-refractivity contribution >= 4 is 44.3 Å². The number of Topliss-reactive ketones (excluding diaryl/α,β-unsaturated/α-hetero) is 1. The molecule has 8 heteroatoms. The number of ketones is 1. The fourth-order valence-corrected chi connectivity index (χ4v) is 5.63. The number of aromatic nitrogens is 1. The van der Waals surface area contributed by atoms with E-state index in [4.69, 9.17) is 0 Å². The highest BCUT2D eigenvalue weighted by Gasteiger charge is 2.25. The van der Waals surface area contributed by atoms with Gasteiger partial charge < -0.3 is 9.80 Å². The van der Waals surface area contributed by atoms with Gasteiger partial charge in [-0.1, -0.05) is 65.3 Å². The Morgan fingerprint density at radius 2 is 1.48 bits per heavy atom. The zero-order valence-electron chi connectivity index (χ0n) is 22.5. The normalized spacial score (nSPS) is 13.5. The Balaban J connectivity index is 1.53. The van der Waals surface area contributed by atoms with Crippen LogP contribution in [0, 0.1) is 0 Å². The summed E-state index contributed by atoms with van der Waals surface area (Å²) < 4.78 is 2.40. The first-order valence-corrected chi connectivity index (χ1v) is 14.2. The van der Waals surface area contributed by atoms with E-state index in [2.05, 4.69) is 15.9 Å². The molecule has 2 heterocycles. The van der Waals surface area contributed by atoms with Gasteiger partial charge in [0.2, 0.25) is 5.91 Å². The molecule has 0 spiro atoms. The molecule has 0 atom stereocenters. The molecule has 204 valence electrons. The number of pyridine rings is 1. The highest BCUT2D eigenvalue weighted by atomic mass is 79.9. The van der Waals surface area contributed by atoms with Crippen molar-refractivity contribution in [1.29, 1.82) is 0 Å². The number of nitrogens with zero attached hydrogens (tertiary/aromatic N) is 3. The van der Waals surface area contributed by atoms with E-state index < -0.39 is 0 Å². The molecule has 0 bridgehead atoms. The lowest BCUT2D eigenvalue weighted by atomic mass is 9.94. The summed E-state index contributed by atoms with van der Waals surface area (Å²) in [6.45, 7) is 5.57. The van der Waals surface area contributed by atoms with Crippen molar-refractivity contribution in [3.63, 3.8) is 0 Å². The minimum Gasteiger partial charge on any atom is -0.339 e. The van der Waals surface area contributed by atoms with Crippen LogP contribution in [0.25, 0.3) is 21.9 Å². The van der Waals surface area contributed by atoms with Crippen molar-refractivity contribution < 1.29 is 14.4 Å². The number of carbonyl (C=O) groups excluding carboxylic acids is 3. The van der Waals surface area contributed by atoms with Crippen molar-refractivity contribution in [2.45, 2.75) is 26.8 Å². The molecule has 1 aliphatic rings. The maximum Gasteiger partial charge on any atom is 0.259 e. The molecule has 1 aliphatic heterocycles. The third-order valence-corrected chi connectivity index (χ3v) is 7.93. The molecular formula is C32H30BrN3O4. The molecule has 0 radical (unpaired) electrons. The van der Waals surface area contributed by atoms with Crippen LogP contribution in [0.15, 0.2) is 82.1 Å². The molecule has 3 aromatic carbocycles. The van der Waals surface area contributed by atoms with Crippen molar-refractivity contribution in [3.8, 4) is 11.1 Å². The van der Waals surface area contributed by atoms with Gasteiger partial charge in [0.1, 0.15) is 0 Å². The standard InChI is InChI=1S/C32H30BrN3O4/c1-3-28(38)30-29(23-7-5-4-6-8-23)27-19-25(33)13-14-26(27)32(40)36(30)20-22-9-11-24(12-10-22)31(39)35-17-15-34(16-18-35)21(2)37/h4-14,19H,3,15-18,20H2,1-2H3. The SMILES string of the molecule is CCC(=O)c1c(-c2ccccc2)c2cc(Br)ccc2c(=O)n1Cc1ccc(C(=O)N2CCN(C(C)=O)CC2)cc1. The Bertz CT molecular complexity index is 1650. The zero-order valence-corrected chi connectivity index (χ0v) is 24.1. The summed E-state index contributed by atoms with van der Waals surface area (Å²) in [5.41, 5.74) is 3.10. The van der Waals surface area contributed by atoms with Crippen molar-refractivity contribution in [2.75, 3.05) is 26.2 Å². The van der Waals surface area contributed by atoms with E-state index in [1.54, 1.807) is 39.5 Å². The molecule has 4 aromatic rings. The number of amides is 2. The minimum absolute atomic E-state index is 0.0179. The third kappa shape index (κ3) is 5.36. The van der Waals surface area contributed by atoms with Gasteiger partial charge in [-0.15, -0.1) is 0 Å². The van der Waals surface area contributed by atoms with E-state index in [9.17, 15) is 19.2 Å². The van der Waals surface area contributed by atoms with E-state index >= 15 is 0 Å². The average Bonchev–Trinajstić information content (AvgIpc) is 2.98. The highest BCUT2D eigenvalue weighted by Crippen LogP contribution is 2.33. The Morgan fingerprint density at radius 1 is 0.825 bits per heavy atom. The van der Waals surface area contributed by atoms with Gasteiger partial charge in [-0.3, -0.25) is 23.7 Å². The lowest BCUT2D eigenvalue weighted by Gasteiger charge is -2.34. The maximum absolute atomic E-state index is 13.8. The predicted octanol–water partition coefficient (Wildman–Crippen LogP) is 5.38. The predicted molar refractivity (Wildman–Crippen MR) is 160 cm³/mol. The Hall–Kier alpha value is -4.04. The molecule has 5 rings (SSSR count). The van der Waals surface area contributed by atoms with E-state index in [1.807, 2.05) is 54.6 Å². The number of benzene rings is 3. The number of halogens is 1. The molecule has 1 saturated heterocycles. The van der Waals surface area contributed by atoms with Crippen LogP contribution in [0.3, 0.4) is 0 Å². The van der Waals surface area contributed by atoms with Crippen LogP contribution in [0.2, 0.25) is 0 Å². The summed E-state index contributed by atoms with van der Waals surface area (Å²) in [5, 5.41) is 1.26. The summed E-state index contributed by atoms with van der Waals surface area (Å²) in [5.74, 6) is -0.185. The second kappa shape index (κ2) is 11.6. The number of piperazine rings is 1. The molecule has 2 amide bonds. The fourth-order valence-electron chi connectivity index (χ4n) is 5.27. The topological polar surface area (TPSA) is 79.7 Å². The van der Waals surface area contributed by atoms with Crippen LogP contribution in [-0.2, 0) is 11.3 Å². The van der Waals surface area contributed by atoms with Crippen LogP contribution in [0.5, 0.6) is 0 Å². The fraction of sp³-hybridized carbons (Fsp3) is 0.250. The van der Waals surface area contributed by atoms with Crippen molar-refractivity contribution in [3.05, 3.63) is 104 Å². The molecule has 0 unspecified atom stereocenters. The largest absolute Gasteiger partial charge is 0.339 e. The van der Waals surface area contributed by atoms with Crippen LogP contribution >= 0.6 is 15.9 Å². The van der Waals surface area contributed by atoms with E-state index in [0.717, 1.165) is 26.5 Å². The Labute approximate surface area is 241 Å². The molecule has 0 N–H and O–H groups in total. The first-order valence-electron chi connectivity index (χ1n) is 13.4. The minimum atomic E-state index is -0.234. The summed E-state index contributed by atoms with van der Waals surface area (Å²) in [4.78, 5) is 55.4. The van der Waals surface area contributed by atoms with E-state index in [0.29, 0.717) is 42.8 Å². The third-order valence-electron chi connectivity index (χ3n) is 7.43. The molecule has 1 aromatic heterocycles. The van der Waals surface area contributed by atoms with Crippen LogP contribution in [-0.4, -0.2) is 58.1 Å². The zero-order chi connectivity index (χ0) is 28.4. The van der Waals surface area contributed by atoms with Gasteiger partial charge >= 0.3 is 0 Å². The first kappa shape index (κ1) is 27.5. The molecule has 0 aliphatic carbocycles. The number of hydrogen-bond acceptors (Lipinski definition) is 4. The molecule has 7 nitrogen and oxygen atoms in total. The second-order valence-electron chi connectivity index (χ2n) is 9.94. The van der Waals surface area contributed by atoms with Gasteiger partial charge in [-0.05, 0) is 46.8 Å². The van der Waals surface area contributed by atoms with Gasteiger partial charge in [-0.2, -0.15) is 0 Å². The molecule has 0 saturated carbocycles. The van der Waals surface area contributed by atoms with Crippen molar-refractivity contribution in [1.82, 2.24) is 14.4 Å². The number of fused-ring (bicyclic) bond motifs is 1. The van der Waals surface area contributed by atoms with Crippen LogP contribution < -0.4 is 5.56 Å². The summed E-state index contributed by atoms with van der Waals surface area (Å²) in [7, 11) is 0. The van der Waals surface area contributed by atoms with Crippen LogP contribution in [0.1, 0.15) is 46.7 Å². The number of rotatable bonds is 6. The van der Waals surface area contributed by atoms with Gasteiger partial charge in [-0.25, -0.2) is 0 Å². The number of carbonyl (C=O) groups is 3. The van der Waals surface area contributed by atoms with Gasteiger partial charge in [0.05, 0.1) is 12.2 Å². The summed E-state index contributed by atoms with van der Waals surface area (Å²) >= 11 is 3.53. The maximum atomic E-state index is 13.8. The summed E-state index contributed by atoms with van der Waals surface area (Å²) in [6.07, 6.45) is 0.253. The lowest BCUT2D eigenvalue weighted by molar-refractivity contribution is -0.130. The number of hydrogen-bond donors (Lipinski definition) is 0. The molecule has 1 fully saturated rings. The van der Waals surface area contributed by atoms with E-state index in [1.165, 1.54) is 6.92 Å². The Kier molecular flexibility index (Phi) is 7.98. The average molecular weight is 601 g/mol. The first-order chi connectivity index (χ1) is 19.3. The van der Waals surface area contributed by atoms with E-state index in [-0.39, 0.29) is 36.1 Å². The van der Waals surface area contributed by atoms with Crippen molar-refractivity contribution in [2.24, 2.45) is 0 Å². The van der Waals surface area contributed by atoms with Gasteiger partial charge in [0.15, 0.2) is 5.78 Å². The Morgan fingerprint density at radius 3 is 2.10 bits per heavy atom. The lowest BCUT2D eigenvalue weighted by Crippen LogP contribution is -2.50. The molecule has 40 heavy (non-hydrogen) atoms. The monoisotopic (exact) mass is 599 g/mol. The second-order valence-corrected chi connectivity index (χ2v) is 10.9.